The first kappa shape index (κ1) is 17.4. The van der Waals surface area contributed by atoms with E-state index >= 15 is 0 Å². The Hall–Kier alpha value is -1.44. The summed E-state index contributed by atoms with van der Waals surface area (Å²) in [6.07, 6.45) is 2.41. The molecule has 1 fully saturated rings. The van der Waals surface area contributed by atoms with Crippen molar-refractivity contribution in [3.63, 3.8) is 0 Å². The zero-order valence-electron chi connectivity index (χ0n) is 13.0. The molecule has 0 aliphatic heterocycles. The lowest BCUT2D eigenvalue weighted by atomic mass is 10.3. The summed E-state index contributed by atoms with van der Waals surface area (Å²) in [5, 5.41) is 13.3. The van der Waals surface area contributed by atoms with Gasteiger partial charge in [-0.3, -0.25) is 0 Å². The van der Waals surface area contributed by atoms with E-state index in [1.807, 2.05) is 31.3 Å². The van der Waals surface area contributed by atoms with Crippen molar-refractivity contribution in [2.75, 3.05) is 11.1 Å². The number of hydrogen-bond donors (Lipinski definition) is 2. The Labute approximate surface area is 154 Å². The highest BCUT2D eigenvalue weighted by Crippen LogP contribution is 2.55. The second kappa shape index (κ2) is 7.21. The first-order chi connectivity index (χ1) is 11.5. The van der Waals surface area contributed by atoms with Gasteiger partial charge in [-0.25, -0.2) is 4.79 Å². The van der Waals surface area contributed by atoms with Gasteiger partial charge in [-0.2, -0.15) is 0 Å². The lowest BCUT2D eigenvalue weighted by molar-refractivity contribution is 0.251. The predicted octanol–water partition coefficient (Wildman–Crippen LogP) is 3.42. The highest BCUT2D eigenvalue weighted by molar-refractivity contribution is 7.99. The minimum Gasteiger partial charge on any atom is -0.331 e. The summed E-state index contributed by atoms with van der Waals surface area (Å²) in [6, 6.07) is 7.36. The molecule has 0 spiro atoms. The van der Waals surface area contributed by atoms with Crippen LogP contribution >= 0.6 is 35.0 Å². The molecule has 9 heteroatoms. The van der Waals surface area contributed by atoms with Crippen LogP contribution in [-0.2, 0) is 13.6 Å². The Morgan fingerprint density at radius 2 is 2.21 bits per heavy atom. The van der Waals surface area contributed by atoms with Crippen molar-refractivity contribution in [3.05, 3.63) is 36.4 Å². The number of carbonyl (C=O) groups excluding carboxylic acids is 1. The SMILES string of the molecule is Cn1cnnc1CNC(=O)Nc1ccccc1SCC1CC1(Cl)Cl. The van der Waals surface area contributed by atoms with Crippen LogP contribution in [0.4, 0.5) is 10.5 Å². The Bertz CT molecular complexity index is 736. The average molecular weight is 386 g/mol. The van der Waals surface area contributed by atoms with E-state index in [4.69, 9.17) is 23.2 Å². The number of anilines is 1. The van der Waals surface area contributed by atoms with Gasteiger partial charge in [0.1, 0.15) is 10.7 Å². The number of amides is 2. The van der Waals surface area contributed by atoms with E-state index in [1.165, 1.54) is 0 Å². The number of rotatable bonds is 6. The Morgan fingerprint density at radius 3 is 2.88 bits per heavy atom. The molecule has 1 atom stereocenters. The molecule has 1 aliphatic carbocycles. The summed E-state index contributed by atoms with van der Waals surface area (Å²) in [5.74, 6) is 1.80. The maximum absolute atomic E-state index is 12.1. The first-order valence-corrected chi connectivity index (χ1v) is 9.17. The predicted molar refractivity (Wildman–Crippen MR) is 96.6 cm³/mol. The number of para-hydroxylation sites is 1. The molecule has 1 heterocycles. The highest BCUT2D eigenvalue weighted by atomic mass is 35.5. The molecule has 1 aromatic carbocycles. The molecule has 24 heavy (non-hydrogen) atoms. The molecule has 1 saturated carbocycles. The number of carbonyl (C=O) groups is 1. The summed E-state index contributed by atoms with van der Waals surface area (Å²) in [5.41, 5.74) is 0.758. The molecule has 2 aromatic rings. The topological polar surface area (TPSA) is 71.8 Å². The fraction of sp³-hybridized carbons (Fsp3) is 0.400. The molecule has 0 saturated heterocycles. The van der Waals surface area contributed by atoms with Crippen molar-refractivity contribution in [2.24, 2.45) is 13.0 Å². The van der Waals surface area contributed by atoms with Gasteiger partial charge in [0.05, 0.1) is 12.2 Å². The van der Waals surface area contributed by atoms with Crippen molar-refractivity contribution in [3.8, 4) is 0 Å². The van der Waals surface area contributed by atoms with E-state index in [0.717, 1.165) is 22.8 Å². The van der Waals surface area contributed by atoms with Gasteiger partial charge in [0.2, 0.25) is 0 Å². The van der Waals surface area contributed by atoms with E-state index in [0.29, 0.717) is 18.3 Å². The molecule has 0 bridgehead atoms. The van der Waals surface area contributed by atoms with E-state index < -0.39 is 4.33 Å². The van der Waals surface area contributed by atoms with Crippen molar-refractivity contribution >= 4 is 46.7 Å². The van der Waals surface area contributed by atoms with E-state index in [9.17, 15) is 4.79 Å². The van der Waals surface area contributed by atoms with Gasteiger partial charge in [-0.15, -0.1) is 45.2 Å². The van der Waals surface area contributed by atoms with Gasteiger partial charge in [0.25, 0.3) is 0 Å². The van der Waals surface area contributed by atoms with Crippen molar-refractivity contribution in [2.45, 2.75) is 22.2 Å². The summed E-state index contributed by atoms with van der Waals surface area (Å²) >= 11 is 13.8. The second-order valence-electron chi connectivity index (χ2n) is 5.63. The zero-order valence-corrected chi connectivity index (χ0v) is 15.3. The number of nitrogens with zero attached hydrogens (tertiary/aromatic N) is 3. The second-order valence-corrected chi connectivity index (χ2v) is 8.24. The number of benzene rings is 1. The maximum atomic E-state index is 12.1. The molecule has 2 amide bonds. The number of nitrogens with one attached hydrogen (secondary N) is 2. The number of aromatic nitrogens is 3. The number of hydrogen-bond acceptors (Lipinski definition) is 4. The standard InChI is InChI=1S/C15H17Cl2N5OS/c1-22-9-19-21-13(22)7-18-14(23)20-11-4-2-3-5-12(11)24-8-10-6-15(10,16)17/h2-5,9-10H,6-8H2,1H3,(H2,18,20,23). The molecule has 128 valence electrons. The summed E-state index contributed by atoms with van der Waals surface area (Å²) in [7, 11) is 1.83. The van der Waals surface area contributed by atoms with Crippen LogP contribution in [0.25, 0.3) is 0 Å². The third-order valence-electron chi connectivity index (χ3n) is 3.74. The van der Waals surface area contributed by atoms with E-state index in [1.54, 1.807) is 22.7 Å². The minimum atomic E-state index is -0.581. The molecular formula is C15H17Cl2N5OS. The van der Waals surface area contributed by atoms with Gasteiger partial charge in [-0.1, -0.05) is 12.1 Å². The average Bonchev–Trinajstić information content (AvgIpc) is 2.95. The summed E-state index contributed by atoms with van der Waals surface area (Å²) < 4.78 is 1.17. The zero-order chi connectivity index (χ0) is 17.2. The number of thioether (sulfide) groups is 1. The quantitative estimate of drug-likeness (QED) is 0.590. The number of urea groups is 1. The van der Waals surface area contributed by atoms with Gasteiger partial charge < -0.3 is 15.2 Å². The monoisotopic (exact) mass is 385 g/mol. The Kier molecular flexibility index (Phi) is 5.22. The summed E-state index contributed by atoms with van der Waals surface area (Å²) in [6.45, 7) is 0.306. The van der Waals surface area contributed by atoms with Crippen LogP contribution in [0, 0.1) is 5.92 Å². The lowest BCUT2D eigenvalue weighted by Crippen LogP contribution is -2.29. The van der Waals surface area contributed by atoms with Crippen LogP contribution in [0.2, 0.25) is 0 Å². The number of aryl methyl sites for hydroxylation is 1. The van der Waals surface area contributed by atoms with E-state index in [2.05, 4.69) is 20.8 Å². The van der Waals surface area contributed by atoms with Crippen LogP contribution in [0.5, 0.6) is 0 Å². The molecule has 2 N–H and O–H groups in total. The first-order valence-electron chi connectivity index (χ1n) is 7.43. The minimum absolute atomic E-state index is 0.290. The Balaban J connectivity index is 1.54. The maximum Gasteiger partial charge on any atom is 0.319 e. The van der Waals surface area contributed by atoms with Gasteiger partial charge in [-0.05, 0) is 18.6 Å². The van der Waals surface area contributed by atoms with Crippen LogP contribution in [0.3, 0.4) is 0 Å². The fourth-order valence-electron chi connectivity index (χ4n) is 2.13. The largest absolute Gasteiger partial charge is 0.331 e. The molecule has 3 rings (SSSR count). The van der Waals surface area contributed by atoms with Crippen molar-refractivity contribution in [1.29, 1.82) is 0 Å². The third-order valence-corrected chi connectivity index (χ3v) is 5.91. The van der Waals surface area contributed by atoms with Crippen LogP contribution < -0.4 is 10.6 Å². The van der Waals surface area contributed by atoms with Crippen molar-refractivity contribution in [1.82, 2.24) is 20.1 Å². The molecule has 1 aliphatic rings. The van der Waals surface area contributed by atoms with Gasteiger partial charge in [0, 0.05) is 23.6 Å². The molecule has 6 nitrogen and oxygen atoms in total. The smallest absolute Gasteiger partial charge is 0.319 e. The van der Waals surface area contributed by atoms with Gasteiger partial charge in [0.15, 0.2) is 5.82 Å². The number of halogens is 2. The molecule has 0 radical (unpaired) electrons. The molecule has 1 unspecified atom stereocenters. The fourth-order valence-corrected chi connectivity index (χ4v) is 4.07. The molecular weight excluding hydrogens is 369 g/mol. The third kappa shape index (κ3) is 4.34. The van der Waals surface area contributed by atoms with Crippen LogP contribution in [-0.4, -0.2) is 30.9 Å². The molecule has 1 aromatic heterocycles. The highest BCUT2D eigenvalue weighted by Gasteiger charge is 2.51. The van der Waals surface area contributed by atoms with Crippen LogP contribution in [0.1, 0.15) is 12.2 Å². The number of alkyl halides is 2. The van der Waals surface area contributed by atoms with Gasteiger partial charge >= 0.3 is 6.03 Å². The lowest BCUT2D eigenvalue weighted by Gasteiger charge is -2.11. The van der Waals surface area contributed by atoms with Crippen LogP contribution in [0.15, 0.2) is 35.5 Å². The normalized spacial score (nSPS) is 18.2. The summed E-state index contributed by atoms with van der Waals surface area (Å²) in [4.78, 5) is 13.1. The van der Waals surface area contributed by atoms with E-state index in [-0.39, 0.29) is 6.03 Å². The Morgan fingerprint density at radius 1 is 1.46 bits per heavy atom. The van der Waals surface area contributed by atoms with Crippen molar-refractivity contribution < 1.29 is 4.79 Å².